The second kappa shape index (κ2) is 13.7. The maximum Gasteiger partial charge on any atom is 0.410 e. The van der Waals surface area contributed by atoms with E-state index in [1.165, 1.54) is 0 Å². The fourth-order valence-electron chi connectivity index (χ4n) is 7.03. The van der Waals surface area contributed by atoms with E-state index in [0.717, 1.165) is 39.9 Å². The average Bonchev–Trinajstić information content (AvgIpc) is 3.37. The van der Waals surface area contributed by atoms with Gasteiger partial charge in [-0.3, -0.25) is 10.1 Å². The smallest absolute Gasteiger partial charge is 0.410 e. The molecular formula is C37H41ClN8O4. The molecule has 3 aromatic heterocycles. The van der Waals surface area contributed by atoms with Crippen molar-refractivity contribution in [2.75, 3.05) is 38.0 Å². The van der Waals surface area contributed by atoms with Gasteiger partial charge in [-0.25, -0.2) is 24.5 Å². The third-order valence-electron chi connectivity index (χ3n) is 9.54. The number of hydrogen-bond acceptors (Lipinski definition) is 7. The van der Waals surface area contributed by atoms with Gasteiger partial charge in [-0.1, -0.05) is 41.9 Å². The molecule has 4 aromatic rings. The first-order chi connectivity index (χ1) is 24.1. The highest BCUT2D eigenvalue weighted by molar-refractivity contribution is 6.33. The number of piperidine rings is 1. The predicted molar refractivity (Wildman–Crippen MR) is 192 cm³/mol. The molecule has 0 radical (unpaired) electrons. The molecule has 0 spiro atoms. The van der Waals surface area contributed by atoms with Gasteiger partial charge < -0.3 is 24.0 Å². The SMILES string of the molecule is CC(C)(C)OC(=O)N1CC=C(c2ncnc3c(-c4ccccc4Cl)cn(CC(=O)N4CCC(N5CCc6cccnc6NC5=O)CC4)c23)CC1. The number of likely N-dealkylation sites (tertiary alicyclic amines) is 1. The van der Waals surface area contributed by atoms with Crippen molar-refractivity contribution in [2.45, 2.75) is 64.6 Å². The number of pyridine rings is 1. The van der Waals surface area contributed by atoms with E-state index < -0.39 is 5.60 Å². The summed E-state index contributed by atoms with van der Waals surface area (Å²) in [7, 11) is 0. The number of urea groups is 1. The molecular weight excluding hydrogens is 656 g/mol. The predicted octanol–water partition coefficient (Wildman–Crippen LogP) is 6.25. The molecule has 12 nitrogen and oxygen atoms in total. The fraction of sp³-hybridized carbons (Fsp3) is 0.405. The van der Waals surface area contributed by atoms with Crippen molar-refractivity contribution in [3.05, 3.63) is 77.5 Å². The minimum atomic E-state index is -0.580. The summed E-state index contributed by atoms with van der Waals surface area (Å²) in [6, 6.07) is 11.4. The van der Waals surface area contributed by atoms with Gasteiger partial charge in [0.1, 0.15) is 29.8 Å². The van der Waals surface area contributed by atoms with Gasteiger partial charge in [0, 0.05) is 67.3 Å². The van der Waals surface area contributed by atoms with Crippen molar-refractivity contribution < 1.29 is 19.1 Å². The molecule has 13 heteroatoms. The monoisotopic (exact) mass is 696 g/mol. The summed E-state index contributed by atoms with van der Waals surface area (Å²) < 4.78 is 7.52. The standard InChI is InChI=1S/C37H41ClN8O4/c1-37(2,3)50-36(49)44-16-10-24(11-17-44)31-33-32(41-23-40-31)28(27-8-4-5-9-29(27)38)21-45(33)22-30(47)43-18-13-26(14-19-43)46-20-12-25-7-6-15-39-34(25)42-35(46)48/h4-10,15,21,23,26H,11-14,16-20,22H2,1-3H3,(H,39,42,48). The van der Waals surface area contributed by atoms with E-state index in [4.69, 9.17) is 26.3 Å². The normalized spacial score (nSPS) is 17.2. The molecule has 1 saturated heterocycles. The molecule has 3 aliphatic rings. The summed E-state index contributed by atoms with van der Waals surface area (Å²) in [6.07, 6.45) is 9.51. The van der Waals surface area contributed by atoms with E-state index in [2.05, 4.69) is 10.3 Å². The van der Waals surface area contributed by atoms with Crippen LogP contribution in [-0.4, -0.2) is 96.6 Å². The van der Waals surface area contributed by atoms with Gasteiger partial charge in [0.2, 0.25) is 5.91 Å². The Labute approximate surface area is 296 Å². The Bertz CT molecular complexity index is 1980. The highest BCUT2D eigenvalue weighted by Crippen LogP contribution is 2.37. The zero-order valence-corrected chi connectivity index (χ0v) is 29.3. The zero-order valence-electron chi connectivity index (χ0n) is 28.6. The Morgan fingerprint density at radius 1 is 0.960 bits per heavy atom. The van der Waals surface area contributed by atoms with E-state index in [0.29, 0.717) is 68.3 Å². The number of carbonyl (C=O) groups excluding carboxylic acids is 3. The number of nitrogens with zero attached hydrogens (tertiary/aromatic N) is 7. The first-order valence-electron chi connectivity index (χ1n) is 17.1. The molecule has 1 fully saturated rings. The Morgan fingerprint density at radius 2 is 1.76 bits per heavy atom. The molecule has 0 bridgehead atoms. The Morgan fingerprint density at radius 3 is 2.50 bits per heavy atom. The number of halogens is 1. The van der Waals surface area contributed by atoms with Crippen LogP contribution in [0.1, 0.15) is 51.3 Å². The van der Waals surface area contributed by atoms with Gasteiger partial charge in [-0.05, 0) is 69.7 Å². The average molecular weight is 697 g/mol. The summed E-state index contributed by atoms with van der Waals surface area (Å²) in [5.41, 5.74) is 5.23. The minimum absolute atomic E-state index is 0.0218. The summed E-state index contributed by atoms with van der Waals surface area (Å²) in [5.74, 6) is 0.599. The highest BCUT2D eigenvalue weighted by Gasteiger charge is 2.32. The maximum absolute atomic E-state index is 14.0. The summed E-state index contributed by atoms with van der Waals surface area (Å²) >= 11 is 6.68. The number of anilines is 1. The minimum Gasteiger partial charge on any atom is -0.444 e. The van der Waals surface area contributed by atoms with E-state index in [-0.39, 0.29) is 30.6 Å². The van der Waals surface area contributed by atoms with Crippen molar-refractivity contribution in [2.24, 2.45) is 0 Å². The number of carbonyl (C=O) groups is 3. The lowest BCUT2D eigenvalue weighted by Crippen LogP contribution is -2.50. The second-order valence-corrected chi connectivity index (χ2v) is 14.4. The van der Waals surface area contributed by atoms with Gasteiger partial charge in [0.25, 0.3) is 0 Å². The molecule has 1 aromatic carbocycles. The van der Waals surface area contributed by atoms with Crippen LogP contribution in [-0.2, 0) is 22.5 Å². The largest absolute Gasteiger partial charge is 0.444 e. The Hall–Kier alpha value is -4.97. The van der Waals surface area contributed by atoms with Crippen LogP contribution in [0.2, 0.25) is 5.02 Å². The maximum atomic E-state index is 14.0. The quantitative estimate of drug-likeness (QED) is 0.261. The molecule has 4 amide bonds. The van der Waals surface area contributed by atoms with Crippen LogP contribution in [0.3, 0.4) is 0 Å². The van der Waals surface area contributed by atoms with Crippen molar-refractivity contribution >= 4 is 52.1 Å². The Balaban J connectivity index is 1.12. The van der Waals surface area contributed by atoms with Crippen LogP contribution in [0, 0.1) is 0 Å². The summed E-state index contributed by atoms with van der Waals surface area (Å²) in [5, 5.41) is 3.55. The molecule has 7 rings (SSSR count). The molecule has 0 atom stereocenters. The van der Waals surface area contributed by atoms with Crippen molar-refractivity contribution in [1.29, 1.82) is 0 Å². The number of amides is 4. The molecule has 0 unspecified atom stereocenters. The topological polar surface area (TPSA) is 126 Å². The first kappa shape index (κ1) is 33.5. The first-order valence-corrected chi connectivity index (χ1v) is 17.5. The molecule has 1 N–H and O–H groups in total. The third-order valence-corrected chi connectivity index (χ3v) is 9.87. The molecule has 3 aliphatic heterocycles. The number of fused-ring (bicyclic) bond motifs is 2. The van der Waals surface area contributed by atoms with Crippen LogP contribution in [0.15, 0.2) is 61.2 Å². The number of rotatable bonds is 5. The molecule has 0 aliphatic carbocycles. The lowest BCUT2D eigenvalue weighted by atomic mass is 10.0. The van der Waals surface area contributed by atoms with Gasteiger partial charge in [-0.15, -0.1) is 0 Å². The summed E-state index contributed by atoms with van der Waals surface area (Å²) in [6.45, 7) is 8.23. The van der Waals surface area contributed by atoms with Crippen LogP contribution < -0.4 is 5.32 Å². The lowest BCUT2D eigenvalue weighted by molar-refractivity contribution is -0.133. The van der Waals surface area contributed by atoms with Crippen LogP contribution in [0.5, 0.6) is 0 Å². The van der Waals surface area contributed by atoms with Crippen LogP contribution >= 0.6 is 11.6 Å². The molecule has 6 heterocycles. The number of hydrogen-bond donors (Lipinski definition) is 1. The van der Waals surface area contributed by atoms with E-state index in [1.807, 2.05) is 83.8 Å². The van der Waals surface area contributed by atoms with Gasteiger partial charge in [0.05, 0.1) is 11.2 Å². The van der Waals surface area contributed by atoms with Crippen LogP contribution in [0.4, 0.5) is 15.4 Å². The van der Waals surface area contributed by atoms with Crippen molar-refractivity contribution in [1.82, 2.24) is 34.2 Å². The van der Waals surface area contributed by atoms with Gasteiger partial charge in [-0.2, -0.15) is 0 Å². The molecule has 50 heavy (non-hydrogen) atoms. The highest BCUT2D eigenvalue weighted by atomic mass is 35.5. The van der Waals surface area contributed by atoms with Crippen molar-refractivity contribution in [3.8, 4) is 11.1 Å². The second-order valence-electron chi connectivity index (χ2n) is 14.0. The number of ether oxygens (including phenoxy) is 1. The van der Waals surface area contributed by atoms with Crippen molar-refractivity contribution in [3.63, 3.8) is 0 Å². The number of benzene rings is 1. The zero-order chi connectivity index (χ0) is 35.0. The number of nitrogens with one attached hydrogen (secondary N) is 1. The number of aromatic nitrogens is 4. The van der Waals surface area contributed by atoms with E-state index >= 15 is 0 Å². The summed E-state index contributed by atoms with van der Waals surface area (Å²) in [4.78, 5) is 59.0. The fourth-order valence-corrected chi connectivity index (χ4v) is 7.27. The van der Waals surface area contributed by atoms with E-state index in [9.17, 15) is 14.4 Å². The van der Waals surface area contributed by atoms with Gasteiger partial charge in [0.15, 0.2) is 0 Å². The lowest BCUT2D eigenvalue weighted by Gasteiger charge is -2.38. The van der Waals surface area contributed by atoms with Gasteiger partial charge >= 0.3 is 12.1 Å². The molecule has 260 valence electrons. The van der Waals surface area contributed by atoms with E-state index in [1.54, 1.807) is 17.4 Å². The third kappa shape index (κ3) is 6.89. The van der Waals surface area contributed by atoms with Crippen LogP contribution in [0.25, 0.3) is 27.7 Å². The molecule has 0 saturated carbocycles. The Kier molecular flexibility index (Phi) is 9.21.